The normalized spacial score (nSPS) is 14.4. The van der Waals surface area contributed by atoms with Crippen LogP contribution in [0.2, 0.25) is 0 Å². The van der Waals surface area contributed by atoms with Crippen LogP contribution in [-0.4, -0.2) is 45.6 Å². The lowest BCUT2D eigenvalue weighted by Gasteiger charge is -2.38. The van der Waals surface area contributed by atoms with Crippen molar-refractivity contribution in [2.24, 2.45) is 0 Å². The van der Waals surface area contributed by atoms with Gasteiger partial charge in [-0.3, -0.25) is 20.3 Å². The van der Waals surface area contributed by atoms with E-state index < -0.39 is 0 Å². The molecule has 1 fully saturated rings. The third-order valence-corrected chi connectivity index (χ3v) is 3.95. The minimum Gasteiger partial charge on any atom is -0.348 e. The lowest BCUT2D eigenvalue weighted by Crippen LogP contribution is -2.61. The molecule has 3 N–H and O–H groups in total. The molecule has 2 amide bonds. The summed E-state index contributed by atoms with van der Waals surface area (Å²) in [6.45, 7) is 4.69. The molecule has 2 heterocycles. The molecule has 23 heavy (non-hydrogen) atoms. The number of rotatable bonds is 5. The van der Waals surface area contributed by atoms with Crippen LogP contribution >= 0.6 is 0 Å². The van der Waals surface area contributed by atoms with E-state index in [2.05, 4.69) is 17.4 Å². The van der Waals surface area contributed by atoms with Gasteiger partial charge in [0.1, 0.15) is 6.54 Å². The number of hydrogen-bond donors (Lipinski definition) is 3. The van der Waals surface area contributed by atoms with Gasteiger partial charge in [-0.1, -0.05) is 6.58 Å². The highest BCUT2D eigenvalue weighted by molar-refractivity contribution is 5.88. The molecule has 0 unspecified atom stereocenters. The van der Waals surface area contributed by atoms with Crippen LogP contribution in [0.4, 0.5) is 5.69 Å². The number of anilines is 1. The maximum atomic E-state index is 12.1. The molecular weight excluding hydrogens is 296 g/mol. The molecule has 7 nitrogen and oxygen atoms in total. The summed E-state index contributed by atoms with van der Waals surface area (Å²) in [4.78, 5) is 25.1. The van der Waals surface area contributed by atoms with Crippen LogP contribution in [0.1, 0.15) is 0 Å². The number of benzene rings is 1. The summed E-state index contributed by atoms with van der Waals surface area (Å²) in [5.41, 5.74) is 3.61. The van der Waals surface area contributed by atoms with Gasteiger partial charge >= 0.3 is 0 Å². The van der Waals surface area contributed by atoms with Crippen molar-refractivity contribution in [3.63, 3.8) is 0 Å². The number of carbonyl (C=O) groups excluding carboxylic acids is 2. The first-order valence-corrected chi connectivity index (χ1v) is 7.30. The maximum Gasteiger partial charge on any atom is 0.246 e. The number of fused-ring (bicyclic) bond motifs is 1. The van der Waals surface area contributed by atoms with Crippen LogP contribution < -0.4 is 10.8 Å². The molecule has 0 atom stereocenters. The molecule has 120 valence electrons. The van der Waals surface area contributed by atoms with E-state index >= 15 is 0 Å². The second-order valence-electron chi connectivity index (χ2n) is 5.54. The fourth-order valence-electron chi connectivity index (χ4n) is 2.71. The van der Waals surface area contributed by atoms with Crippen LogP contribution in [0.25, 0.3) is 10.9 Å². The zero-order valence-electron chi connectivity index (χ0n) is 12.5. The highest BCUT2D eigenvalue weighted by Crippen LogP contribution is 2.20. The van der Waals surface area contributed by atoms with Gasteiger partial charge in [0, 0.05) is 30.2 Å². The van der Waals surface area contributed by atoms with Gasteiger partial charge in [-0.25, -0.2) is 0 Å². The van der Waals surface area contributed by atoms with Gasteiger partial charge in [0.25, 0.3) is 0 Å². The molecule has 0 radical (unpaired) electrons. The Labute approximate surface area is 133 Å². The first kappa shape index (κ1) is 15.1. The summed E-state index contributed by atoms with van der Waals surface area (Å²) in [5, 5.41) is 12.7. The molecule has 1 saturated heterocycles. The third-order valence-electron chi connectivity index (χ3n) is 3.95. The molecule has 1 aliphatic rings. The van der Waals surface area contributed by atoms with Crippen LogP contribution in [0, 0.1) is 0 Å². The Hall–Kier alpha value is -2.80. The highest BCUT2D eigenvalue weighted by atomic mass is 16.5. The second kappa shape index (κ2) is 6.13. The number of nitrogens with zero attached hydrogens (tertiary/aromatic N) is 2. The summed E-state index contributed by atoms with van der Waals surface area (Å²) in [7, 11) is 0. The van der Waals surface area contributed by atoms with Crippen molar-refractivity contribution >= 4 is 28.4 Å². The average molecular weight is 314 g/mol. The van der Waals surface area contributed by atoms with Gasteiger partial charge < -0.3 is 14.8 Å². The number of hydrogen-bond acceptors (Lipinski definition) is 4. The zero-order valence-corrected chi connectivity index (χ0v) is 12.5. The standard InChI is InChI=1S/C16H18N4O3/c1-2-16(22)20-8-13(9-20)17-15(21)10-19-6-5-11-7-12(18-23)3-4-14(11)19/h2-7,13,18,23H,1,8-10H2,(H,17,21). The van der Waals surface area contributed by atoms with Gasteiger partial charge in [-0.05, 0) is 30.3 Å². The molecule has 7 heteroatoms. The SMILES string of the molecule is C=CC(=O)N1CC(NC(=O)Cn2ccc3cc(NO)ccc32)C1. The molecule has 0 bridgehead atoms. The maximum absolute atomic E-state index is 12.1. The van der Waals surface area contributed by atoms with Crippen molar-refractivity contribution < 1.29 is 14.8 Å². The summed E-state index contributed by atoms with van der Waals surface area (Å²) in [6, 6.07) is 7.26. The Bertz CT molecular complexity index is 762. The van der Waals surface area contributed by atoms with Crippen molar-refractivity contribution in [1.82, 2.24) is 14.8 Å². The first-order chi connectivity index (χ1) is 11.1. The van der Waals surface area contributed by atoms with E-state index in [0.717, 1.165) is 10.9 Å². The molecular formula is C16H18N4O3. The van der Waals surface area contributed by atoms with Crippen molar-refractivity contribution in [3.8, 4) is 0 Å². The van der Waals surface area contributed by atoms with Crippen LogP contribution in [-0.2, 0) is 16.1 Å². The van der Waals surface area contributed by atoms with Crippen LogP contribution in [0.5, 0.6) is 0 Å². The zero-order chi connectivity index (χ0) is 16.4. The third kappa shape index (κ3) is 3.04. The van der Waals surface area contributed by atoms with E-state index in [1.807, 2.05) is 22.9 Å². The van der Waals surface area contributed by atoms with Gasteiger partial charge in [0.2, 0.25) is 11.8 Å². The predicted octanol–water partition coefficient (Wildman–Crippen LogP) is 0.955. The number of likely N-dealkylation sites (tertiary alicyclic amines) is 1. The molecule has 0 aliphatic carbocycles. The molecule has 0 spiro atoms. The predicted molar refractivity (Wildman–Crippen MR) is 86.1 cm³/mol. The quantitative estimate of drug-likeness (QED) is 0.567. The van der Waals surface area contributed by atoms with Crippen molar-refractivity contribution in [2.75, 3.05) is 18.6 Å². The van der Waals surface area contributed by atoms with Crippen molar-refractivity contribution in [2.45, 2.75) is 12.6 Å². The lowest BCUT2D eigenvalue weighted by atomic mass is 10.1. The summed E-state index contributed by atoms with van der Waals surface area (Å²) < 4.78 is 1.84. The highest BCUT2D eigenvalue weighted by Gasteiger charge is 2.30. The lowest BCUT2D eigenvalue weighted by molar-refractivity contribution is -0.133. The number of nitrogens with one attached hydrogen (secondary N) is 2. The summed E-state index contributed by atoms with van der Waals surface area (Å²) in [6.07, 6.45) is 3.11. The average Bonchev–Trinajstić information content (AvgIpc) is 2.91. The number of aromatic nitrogens is 1. The van der Waals surface area contributed by atoms with E-state index in [1.54, 1.807) is 17.0 Å². The smallest absolute Gasteiger partial charge is 0.246 e. The fourth-order valence-corrected chi connectivity index (χ4v) is 2.71. The van der Waals surface area contributed by atoms with Crippen LogP contribution in [0.3, 0.4) is 0 Å². The fraction of sp³-hybridized carbons (Fsp3) is 0.250. The Morgan fingerprint density at radius 3 is 2.83 bits per heavy atom. The van der Waals surface area contributed by atoms with E-state index in [0.29, 0.717) is 18.8 Å². The first-order valence-electron chi connectivity index (χ1n) is 7.30. The minimum atomic E-state index is -0.111. The monoisotopic (exact) mass is 314 g/mol. The largest absolute Gasteiger partial charge is 0.348 e. The molecule has 2 aromatic rings. The Morgan fingerprint density at radius 2 is 2.13 bits per heavy atom. The number of amides is 2. The van der Waals surface area contributed by atoms with E-state index in [9.17, 15) is 9.59 Å². The molecule has 0 saturated carbocycles. The number of carbonyl (C=O) groups is 2. The van der Waals surface area contributed by atoms with Crippen molar-refractivity contribution in [1.29, 1.82) is 0 Å². The molecule has 1 aromatic carbocycles. The summed E-state index contributed by atoms with van der Waals surface area (Å²) >= 11 is 0. The minimum absolute atomic E-state index is 0.00146. The van der Waals surface area contributed by atoms with Crippen LogP contribution in [0.15, 0.2) is 43.1 Å². The van der Waals surface area contributed by atoms with Crippen molar-refractivity contribution in [3.05, 3.63) is 43.1 Å². The van der Waals surface area contributed by atoms with E-state index in [4.69, 9.17) is 5.21 Å². The second-order valence-corrected chi connectivity index (χ2v) is 5.54. The summed E-state index contributed by atoms with van der Waals surface area (Å²) in [5.74, 6) is -0.206. The Balaban J connectivity index is 1.59. The molecule has 3 rings (SSSR count). The van der Waals surface area contributed by atoms with E-state index in [-0.39, 0.29) is 24.4 Å². The van der Waals surface area contributed by atoms with Gasteiger partial charge in [0.15, 0.2) is 0 Å². The molecule has 1 aromatic heterocycles. The Morgan fingerprint density at radius 1 is 1.35 bits per heavy atom. The van der Waals surface area contributed by atoms with E-state index in [1.165, 1.54) is 6.08 Å². The van der Waals surface area contributed by atoms with Gasteiger partial charge in [0.05, 0.1) is 11.7 Å². The van der Waals surface area contributed by atoms with Gasteiger partial charge in [-0.2, -0.15) is 0 Å². The topological polar surface area (TPSA) is 86.6 Å². The van der Waals surface area contributed by atoms with Gasteiger partial charge in [-0.15, -0.1) is 0 Å². The molecule has 1 aliphatic heterocycles. The Kier molecular flexibility index (Phi) is 4.03.